The number of oxazole rings is 1. The molecule has 3 aromatic rings. The van der Waals surface area contributed by atoms with Crippen molar-refractivity contribution in [1.82, 2.24) is 9.97 Å². The molecule has 7 heteroatoms. The summed E-state index contributed by atoms with van der Waals surface area (Å²) in [5, 5.41) is 9.09. The maximum atomic E-state index is 13.4. The number of rotatable bonds is 2. The number of hydrogen-bond acceptors (Lipinski definition) is 4. The molecule has 21 heavy (non-hydrogen) atoms. The van der Waals surface area contributed by atoms with Crippen LogP contribution in [0.25, 0.3) is 22.7 Å². The highest BCUT2D eigenvalue weighted by molar-refractivity contribution is 5.95. The van der Waals surface area contributed by atoms with Gasteiger partial charge >= 0.3 is 5.97 Å². The largest absolute Gasteiger partial charge is 0.478 e. The van der Waals surface area contributed by atoms with E-state index in [1.54, 1.807) is 19.1 Å². The van der Waals surface area contributed by atoms with Gasteiger partial charge in [-0.2, -0.15) is 4.98 Å². The van der Waals surface area contributed by atoms with Crippen molar-refractivity contribution in [2.45, 2.75) is 6.92 Å². The van der Waals surface area contributed by atoms with Gasteiger partial charge < -0.3 is 9.52 Å². The lowest BCUT2D eigenvalue weighted by Gasteiger charge is -2.03. The van der Waals surface area contributed by atoms with E-state index in [1.165, 1.54) is 0 Å². The van der Waals surface area contributed by atoms with Gasteiger partial charge in [0.15, 0.2) is 22.9 Å². The lowest BCUT2D eigenvalue weighted by molar-refractivity contribution is 0.0697. The van der Waals surface area contributed by atoms with Crippen LogP contribution in [0.4, 0.5) is 8.78 Å². The molecule has 1 aromatic carbocycles. The summed E-state index contributed by atoms with van der Waals surface area (Å²) in [7, 11) is 0. The average molecular weight is 290 g/mol. The molecule has 106 valence electrons. The van der Waals surface area contributed by atoms with E-state index in [2.05, 4.69) is 9.97 Å². The van der Waals surface area contributed by atoms with Crippen molar-refractivity contribution in [3.05, 3.63) is 47.2 Å². The van der Waals surface area contributed by atoms with Gasteiger partial charge in [-0.25, -0.2) is 18.6 Å². The normalized spacial score (nSPS) is 11.0. The molecule has 0 aliphatic carbocycles. The van der Waals surface area contributed by atoms with E-state index >= 15 is 0 Å². The summed E-state index contributed by atoms with van der Waals surface area (Å²) in [6.07, 6.45) is 0. The Balaban J connectivity index is 2.26. The van der Waals surface area contributed by atoms with E-state index in [1.807, 2.05) is 0 Å². The zero-order valence-electron chi connectivity index (χ0n) is 10.7. The van der Waals surface area contributed by atoms with Crippen molar-refractivity contribution >= 4 is 17.2 Å². The number of aromatic carboxylic acids is 1. The molecule has 0 aliphatic heterocycles. The molecule has 5 nitrogen and oxygen atoms in total. The summed E-state index contributed by atoms with van der Waals surface area (Å²) < 4.78 is 31.9. The zero-order chi connectivity index (χ0) is 15.1. The van der Waals surface area contributed by atoms with Gasteiger partial charge in [-0.1, -0.05) is 0 Å². The summed E-state index contributed by atoms with van der Waals surface area (Å²) in [6, 6.07) is 4.66. The maximum Gasteiger partial charge on any atom is 0.336 e. The van der Waals surface area contributed by atoms with Gasteiger partial charge in [0, 0.05) is 5.69 Å². The second-order valence-electron chi connectivity index (χ2n) is 4.41. The molecule has 0 aliphatic rings. The molecular weight excluding hydrogens is 282 g/mol. The zero-order valence-corrected chi connectivity index (χ0v) is 10.7. The molecule has 0 saturated heterocycles. The number of aromatic nitrogens is 2. The Morgan fingerprint density at radius 2 is 1.90 bits per heavy atom. The number of pyridine rings is 1. The SMILES string of the molecule is Cc1ccc2oc(-c3cc(F)c(F)cc3C(=O)O)nc2n1. The predicted molar refractivity (Wildman–Crippen MR) is 68.9 cm³/mol. The van der Waals surface area contributed by atoms with Crippen LogP contribution in [0.15, 0.2) is 28.7 Å². The third kappa shape index (κ3) is 2.22. The quantitative estimate of drug-likeness (QED) is 0.784. The third-order valence-corrected chi connectivity index (χ3v) is 2.91. The van der Waals surface area contributed by atoms with Gasteiger partial charge in [0.1, 0.15) is 0 Å². The van der Waals surface area contributed by atoms with Crippen molar-refractivity contribution in [3.8, 4) is 11.5 Å². The first-order valence-electron chi connectivity index (χ1n) is 5.92. The van der Waals surface area contributed by atoms with Crippen LogP contribution in [-0.2, 0) is 0 Å². The highest BCUT2D eigenvalue weighted by Crippen LogP contribution is 2.28. The van der Waals surface area contributed by atoms with Crippen molar-refractivity contribution in [2.24, 2.45) is 0 Å². The van der Waals surface area contributed by atoms with Gasteiger partial charge in [-0.15, -0.1) is 0 Å². The van der Waals surface area contributed by atoms with E-state index in [-0.39, 0.29) is 17.1 Å². The fourth-order valence-corrected chi connectivity index (χ4v) is 1.93. The van der Waals surface area contributed by atoms with Crippen molar-refractivity contribution in [2.75, 3.05) is 0 Å². The Morgan fingerprint density at radius 3 is 2.62 bits per heavy atom. The first kappa shape index (κ1) is 13.2. The Kier molecular flexibility index (Phi) is 2.90. The summed E-state index contributed by atoms with van der Waals surface area (Å²) in [5.41, 5.74) is 0.725. The molecule has 2 heterocycles. The lowest BCUT2D eigenvalue weighted by atomic mass is 10.1. The first-order chi connectivity index (χ1) is 9.95. The summed E-state index contributed by atoms with van der Waals surface area (Å²) in [4.78, 5) is 19.3. The minimum atomic E-state index is -1.41. The van der Waals surface area contributed by atoms with Crippen molar-refractivity contribution < 1.29 is 23.1 Å². The standard InChI is InChI=1S/C14H8F2N2O3/c1-6-2-3-11-12(17-6)18-13(21-11)7-4-9(15)10(16)5-8(7)14(19)20/h2-5H,1H3,(H,19,20). The van der Waals surface area contributed by atoms with E-state index < -0.39 is 23.2 Å². The number of hydrogen-bond donors (Lipinski definition) is 1. The van der Waals surface area contributed by atoms with Crippen molar-refractivity contribution in [1.29, 1.82) is 0 Å². The number of carboxylic acids is 1. The number of benzene rings is 1. The van der Waals surface area contributed by atoms with Crippen LogP contribution in [0, 0.1) is 18.6 Å². The predicted octanol–water partition coefficient (Wildman–Crippen LogP) is 3.17. The van der Waals surface area contributed by atoms with Gasteiger partial charge in [-0.3, -0.25) is 0 Å². The Bertz CT molecular complexity index is 874. The van der Waals surface area contributed by atoms with Gasteiger partial charge in [0.25, 0.3) is 0 Å². The van der Waals surface area contributed by atoms with Crippen LogP contribution in [0.5, 0.6) is 0 Å². The molecule has 0 saturated carbocycles. The van der Waals surface area contributed by atoms with E-state index in [0.717, 1.165) is 6.07 Å². The molecule has 3 rings (SSSR count). The molecule has 0 radical (unpaired) electrons. The van der Waals surface area contributed by atoms with Gasteiger partial charge in [0.05, 0.1) is 11.1 Å². The first-order valence-corrected chi connectivity index (χ1v) is 5.92. The maximum absolute atomic E-state index is 13.4. The number of halogens is 2. The highest BCUT2D eigenvalue weighted by Gasteiger charge is 2.20. The molecule has 0 spiro atoms. The molecule has 0 bridgehead atoms. The van der Waals surface area contributed by atoms with Gasteiger partial charge in [0.2, 0.25) is 5.89 Å². The molecule has 0 fully saturated rings. The summed E-state index contributed by atoms with van der Waals surface area (Å²) >= 11 is 0. The van der Waals surface area contributed by atoms with Crippen LogP contribution < -0.4 is 0 Å². The molecule has 1 N–H and O–H groups in total. The second-order valence-corrected chi connectivity index (χ2v) is 4.41. The van der Waals surface area contributed by atoms with Crippen LogP contribution in [-0.4, -0.2) is 21.0 Å². The number of carboxylic acid groups (broad SMARTS) is 1. The molecular formula is C14H8F2N2O3. The van der Waals surface area contributed by atoms with Crippen LogP contribution in [0.2, 0.25) is 0 Å². The van der Waals surface area contributed by atoms with E-state index in [0.29, 0.717) is 17.3 Å². The number of nitrogens with zero attached hydrogens (tertiary/aromatic N) is 2. The van der Waals surface area contributed by atoms with Gasteiger partial charge in [-0.05, 0) is 31.2 Å². The summed E-state index contributed by atoms with van der Waals surface area (Å²) in [5.74, 6) is -3.96. The molecule has 0 atom stereocenters. The number of aryl methyl sites for hydroxylation is 1. The monoisotopic (exact) mass is 290 g/mol. The minimum absolute atomic E-state index is 0.126. The number of fused-ring (bicyclic) bond motifs is 1. The third-order valence-electron chi connectivity index (χ3n) is 2.91. The molecule has 0 unspecified atom stereocenters. The second kappa shape index (κ2) is 4.62. The molecule has 0 amide bonds. The molecule has 2 aromatic heterocycles. The smallest absolute Gasteiger partial charge is 0.336 e. The topological polar surface area (TPSA) is 76.2 Å². The van der Waals surface area contributed by atoms with E-state index in [9.17, 15) is 13.6 Å². The lowest BCUT2D eigenvalue weighted by Crippen LogP contribution is -2.02. The van der Waals surface area contributed by atoms with Crippen molar-refractivity contribution in [3.63, 3.8) is 0 Å². The Labute approximate surface area is 116 Å². The van der Waals surface area contributed by atoms with E-state index in [4.69, 9.17) is 9.52 Å². The summed E-state index contributed by atoms with van der Waals surface area (Å²) in [6.45, 7) is 1.76. The van der Waals surface area contributed by atoms with Crippen LogP contribution in [0.1, 0.15) is 16.1 Å². The number of carbonyl (C=O) groups is 1. The Hall–Kier alpha value is -2.83. The fraction of sp³-hybridized carbons (Fsp3) is 0.0714. The van der Waals surface area contributed by atoms with Crippen LogP contribution >= 0.6 is 0 Å². The Morgan fingerprint density at radius 1 is 1.19 bits per heavy atom. The average Bonchev–Trinajstić information content (AvgIpc) is 2.83. The highest BCUT2D eigenvalue weighted by atomic mass is 19.2. The van der Waals surface area contributed by atoms with Crippen LogP contribution in [0.3, 0.4) is 0 Å². The fourth-order valence-electron chi connectivity index (χ4n) is 1.93. The minimum Gasteiger partial charge on any atom is -0.478 e.